The number of ketones is 1. The van der Waals surface area contributed by atoms with E-state index in [1.807, 2.05) is 50.3 Å². The van der Waals surface area contributed by atoms with Crippen LogP contribution in [0.1, 0.15) is 27.0 Å². The Bertz CT molecular complexity index is 834. The van der Waals surface area contributed by atoms with Crippen molar-refractivity contribution < 1.29 is 19.0 Å². The Morgan fingerprint density at radius 1 is 1.04 bits per heavy atom. The Morgan fingerprint density at radius 2 is 1.79 bits per heavy atom. The number of ether oxygens (including phenoxy) is 3. The molecule has 0 amide bonds. The molecule has 0 radical (unpaired) electrons. The zero-order valence-electron chi connectivity index (χ0n) is 14.3. The molecule has 4 heteroatoms. The van der Waals surface area contributed by atoms with E-state index in [1.54, 1.807) is 14.2 Å². The van der Waals surface area contributed by atoms with Crippen LogP contribution in [0.4, 0.5) is 0 Å². The number of rotatable bonds is 3. The minimum atomic E-state index is 0.0119. The Kier molecular flexibility index (Phi) is 4.30. The maximum atomic E-state index is 12.8. The van der Waals surface area contributed by atoms with Crippen LogP contribution >= 0.6 is 0 Å². The van der Waals surface area contributed by atoms with Crippen molar-refractivity contribution in [2.75, 3.05) is 20.8 Å². The molecule has 4 nitrogen and oxygen atoms in total. The van der Waals surface area contributed by atoms with Gasteiger partial charge in [-0.05, 0) is 54.8 Å². The van der Waals surface area contributed by atoms with Crippen molar-refractivity contribution in [3.63, 3.8) is 0 Å². The van der Waals surface area contributed by atoms with Crippen molar-refractivity contribution in [1.29, 1.82) is 0 Å². The molecule has 0 bridgehead atoms. The van der Waals surface area contributed by atoms with E-state index in [2.05, 4.69) is 0 Å². The van der Waals surface area contributed by atoms with E-state index in [0.717, 1.165) is 16.7 Å². The van der Waals surface area contributed by atoms with Crippen LogP contribution in [0.5, 0.6) is 17.2 Å². The molecule has 1 aliphatic rings. The van der Waals surface area contributed by atoms with E-state index >= 15 is 0 Å². The first-order valence-electron chi connectivity index (χ1n) is 7.75. The highest BCUT2D eigenvalue weighted by Crippen LogP contribution is 2.33. The Hall–Kier alpha value is -2.75. The number of hydrogen-bond acceptors (Lipinski definition) is 4. The Labute approximate surface area is 141 Å². The molecule has 0 aromatic heterocycles. The summed E-state index contributed by atoms with van der Waals surface area (Å²) in [5, 5.41) is 0. The van der Waals surface area contributed by atoms with Crippen molar-refractivity contribution >= 4 is 11.9 Å². The molecule has 0 spiro atoms. The summed E-state index contributed by atoms with van der Waals surface area (Å²) in [6.07, 6.45) is 1.84. The van der Waals surface area contributed by atoms with Gasteiger partial charge in [-0.3, -0.25) is 4.79 Å². The van der Waals surface area contributed by atoms with E-state index in [9.17, 15) is 4.79 Å². The van der Waals surface area contributed by atoms with Crippen molar-refractivity contribution in [2.24, 2.45) is 0 Å². The molecule has 0 atom stereocenters. The highest BCUT2D eigenvalue weighted by molar-refractivity contribution is 6.14. The lowest BCUT2D eigenvalue weighted by Gasteiger charge is -2.21. The summed E-state index contributed by atoms with van der Waals surface area (Å²) in [7, 11) is 3.18. The molecule has 0 saturated carbocycles. The summed E-state index contributed by atoms with van der Waals surface area (Å²) in [6, 6.07) is 9.46. The van der Waals surface area contributed by atoms with E-state index in [4.69, 9.17) is 14.2 Å². The number of benzene rings is 2. The predicted molar refractivity (Wildman–Crippen MR) is 93.3 cm³/mol. The highest BCUT2D eigenvalue weighted by atomic mass is 16.5. The number of carbonyl (C=O) groups is 1. The summed E-state index contributed by atoms with van der Waals surface area (Å²) < 4.78 is 16.4. The predicted octanol–water partition coefficient (Wildman–Crippen LogP) is 3.98. The van der Waals surface area contributed by atoms with Crippen LogP contribution in [0.3, 0.4) is 0 Å². The second-order valence-electron chi connectivity index (χ2n) is 5.86. The van der Waals surface area contributed by atoms with Crippen LogP contribution in [-0.4, -0.2) is 26.6 Å². The molecule has 1 heterocycles. The van der Waals surface area contributed by atoms with Gasteiger partial charge in [0.05, 0.1) is 19.8 Å². The van der Waals surface area contributed by atoms with Crippen LogP contribution in [0.2, 0.25) is 0 Å². The van der Waals surface area contributed by atoms with Gasteiger partial charge in [0.25, 0.3) is 0 Å². The van der Waals surface area contributed by atoms with Crippen LogP contribution in [0.25, 0.3) is 6.08 Å². The molecule has 0 unspecified atom stereocenters. The largest absolute Gasteiger partial charge is 0.493 e. The first-order valence-corrected chi connectivity index (χ1v) is 7.75. The van der Waals surface area contributed by atoms with Gasteiger partial charge in [-0.1, -0.05) is 12.1 Å². The van der Waals surface area contributed by atoms with E-state index in [-0.39, 0.29) is 12.4 Å². The van der Waals surface area contributed by atoms with Gasteiger partial charge in [0.1, 0.15) is 12.4 Å². The molecule has 0 fully saturated rings. The fraction of sp³-hybridized carbons (Fsp3) is 0.250. The molecule has 1 aliphatic heterocycles. The Morgan fingerprint density at radius 3 is 2.50 bits per heavy atom. The van der Waals surface area contributed by atoms with E-state index in [1.165, 1.54) is 0 Å². The quantitative estimate of drug-likeness (QED) is 0.801. The van der Waals surface area contributed by atoms with Gasteiger partial charge in [-0.2, -0.15) is 0 Å². The number of methoxy groups -OCH3 is 2. The number of Topliss-reactive ketones (excluding diaryl/α,β-unsaturated/α-hetero) is 1. The van der Waals surface area contributed by atoms with E-state index in [0.29, 0.717) is 28.4 Å². The summed E-state index contributed by atoms with van der Waals surface area (Å²) in [5.74, 6) is 1.98. The highest BCUT2D eigenvalue weighted by Gasteiger charge is 2.25. The molecule has 0 aliphatic carbocycles. The summed E-state index contributed by atoms with van der Waals surface area (Å²) in [6.45, 7) is 4.21. The van der Waals surface area contributed by atoms with Crippen molar-refractivity contribution in [3.05, 3.63) is 58.2 Å². The number of carbonyl (C=O) groups excluding carboxylic acids is 1. The molecule has 24 heavy (non-hydrogen) atoms. The molecule has 124 valence electrons. The smallest absolute Gasteiger partial charge is 0.196 e. The average molecular weight is 324 g/mol. The maximum absolute atomic E-state index is 12.8. The number of fused-ring (bicyclic) bond motifs is 1. The molecule has 0 N–H and O–H groups in total. The van der Waals surface area contributed by atoms with Crippen LogP contribution < -0.4 is 14.2 Å². The van der Waals surface area contributed by atoms with Crippen LogP contribution in [0, 0.1) is 13.8 Å². The summed E-state index contributed by atoms with van der Waals surface area (Å²) >= 11 is 0. The fourth-order valence-electron chi connectivity index (χ4n) is 2.95. The lowest BCUT2D eigenvalue weighted by atomic mass is 9.95. The first-order chi connectivity index (χ1) is 11.5. The summed E-state index contributed by atoms with van der Waals surface area (Å²) in [4.78, 5) is 12.8. The molecular formula is C20H20O4. The van der Waals surface area contributed by atoms with Gasteiger partial charge < -0.3 is 14.2 Å². The third kappa shape index (κ3) is 2.87. The SMILES string of the molecule is COc1ccc(/C=C2\COc3c(C)cc(C)cc3C2=O)cc1OC. The maximum Gasteiger partial charge on any atom is 0.196 e. The molecule has 2 aromatic rings. The van der Waals surface area contributed by atoms with Crippen molar-refractivity contribution in [1.82, 2.24) is 0 Å². The van der Waals surface area contributed by atoms with Gasteiger partial charge in [-0.25, -0.2) is 0 Å². The normalized spacial score (nSPS) is 15.0. The molecule has 2 aromatic carbocycles. The zero-order valence-corrected chi connectivity index (χ0v) is 14.3. The van der Waals surface area contributed by atoms with Gasteiger partial charge in [0.15, 0.2) is 17.3 Å². The second kappa shape index (κ2) is 6.40. The number of aryl methyl sites for hydroxylation is 2. The molecular weight excluding hydrogens is 304 g/mol. The lowest BCUT2D eigenvalue weighted by molar-refractivity contribution is 0.100. The number of hydrogen-bond donors (Lipinski definition) is 0. The standard InChI is InChI=1S/C20H20O4/c1-12-7-13(2)20-16(8-12)19(21)15(11-24-20)9-14-5-6-17(22-3)18(10-14)23-4/h5-10H,11H2,1-4H3/b15-9+. The van der Waals surface area contributed by atoms with Crippen molar-refractivity contribution in [3.8, 4) is 17.2 Å². The Balaban J connectivity index is 1.99. The lowest BCUT2D eigenvalue weighted by Crippen LogP contribution is -2.20. The van der Waals surface area contributed by atoms with Gasteiger partial charge in [-0.15, -0.1) is 0 Å². The zero-order chi connectivity index (χ0) is 17.3. The monoisotopic (exact) mass is 324 g/mol. The minimum absolute atomic E-state index is 0.0119. The molecule has 3 rings (SSSR count). The summed E-state index contributed by atoms with van der Waals surface area (Å²) in [5.41, 5.74) is 4.16. The minimum Gasteiger partial charge on any atom is -0.493 e. The molecule has 0 saturated heterocycles. The van der Waals surface area contributed by atoms with Gasteiger partial charge >= 0.3 is 0 Å². The second-order valence-corrected chi connectivity index (χ2v) is 5.86. The van der Waals surface area contributed by atoms with Crippen molar-refractivity contribution in [2.45, 2.75) is 13.8 Å². The van der Waals surface area contributed by atoms with Gasteiger partial charge in [0, 0.05) is 5.57 Å². The fourth-order valence-corrected chi connectivity index (χ4v) is 2.95. The van der Waals surface area contributed by atoms with Gasteiger partial charge in [0.2, 0.25) is 0 Å². The topological polar surface area (TPSA) is 44.8 Å². The third-order valence-corrected chi connectivity index (χ3v) is 4.08. The van der Waals surface area contributed by atoms with Crippen LogP contribution in [-0.2, 0) is 0 Å². The van der Waals surface area contributed by atoms with E-state index < -0.39 is 0 Å². The average Bonchev–Trinajstić information content (AvgIpc) is 2.57. The first kappa shape index (κ1) is 16.1. The van der Waals surface area contributed by atoms with Crippen LogP contribution in [0.15, 0.2) is 35.9 Å². The third-order valence-electron chi connectivity index (χ3n) is 4.08.